The molecule has 8 heteroatoms. The van der Waals surface area contributed by atoms with Crippen LogP contribution in [0.1, 0.15) is 10.5 Å². The van der Waals surface area contributed by atoms with Gasteiger partial charge < -0.3 is 19.9 Å². The number of piperazine rings is 1. The van der Waals surface area contributed by atoms with Crippen LogP contribution in [0.3, 0.4) is 0 Å². The minimum Gasteiger partial charge on any atom is -0.457 e. The highest BCUT2D eigenvalue weighted by Crippen LogP contribution is 2.26. The number of anilines is 2. The van der Waals surface area contributed by atoms with E-state index in [0.29, 0.717) is 39.2 Å². The zero-order valence-corrected chi connectivity index (χ0v) is 19.5. The molecule has 1 saturated heterocycles. The number of carbonyl (C=O) groups excluding carboxylic acids is 1. The Morgan fingerprint density at radius 3 is 2.09 bits per heavy atom. The van der Waals surface area contributed by atoms with Gasteiger partial charge in [-0.25, -0.2) is 9.97 Å². The van der Waals surface area contributed by atoms with Gasteiger partial charge in [-0.2, -0.15) is 0 Å². The Morgan fingerprint density at radius 2 is 1.44 bits per heavy atom. The second-order valence-corrected chi connectivity index (χ2v) is 8.65. The van der Waals surface area contributed by atoms with E-state index in [1.807, 2.05) is 24.3 Å². The van der Waals surface area contributed by atoms with Crippen LogP contribution in [0, 0.1) is 0 Å². The molecule has 1 N–H and O–H groups in total. The molecule has 3 aromatic carbocycles. The zero-order valence-electron chi connectivity index (χ0n) is 18.7. The zero-order chi connectivity index (χ0) is 23.5. The van der Waals surface area contributed by atoms with Crippen LogP contribution in [0.15, 0.2) is 72.8 Å². The smallest absolute Gasteiger partial charge is 0.278 e. The molecule has 1 aromatic heterocycles. The van der Waals surface area contributed by atoms with Crippen molar-refractivity contribution in [2.75, 3.05) is 43.4 Å². The summed E-state index contributed by atoms with van der Waals surface area (Å²) in [7, 11) is 2.09. The van der Waals surface area contributed by atoms with E-state index in [2.05, 4.69) is 27.1 Å². The number of ether oxygens (including phenoxy) is 1. The molecule has 2 heterocycles. The van der Waals surface area contributed by atoms with Crippen molar-refractivity contribution in [1.29, 1.82) is 0 Å². The van der Waals surface area contributed by atoms with Crippen LogP contribution in [-0.4, -0.2) is 54.0 Å². The van der Waals surface area contributed by atoms with Crippen LogP contribution in [0.4, 0.5) is 11.5 Å². The highest BCUT2D eigenvalue weighted by molar-refractivity contribution is 6.30. The maximum absolute atomic E-state index is 13.3. The molecule has 34 heavy (non-hydrogen) atoms. The fourth-order valence-corrected chi connectivity index (χ4v) is 3.94. The van der Waals surface area contributed by atoms with Crippen LogP contribution >= 0.6 is 11.6 Å². The van der Waals surface area contributed by atoms with Crippen molar-refractivity contribution in [3.05, 3.63) is 83.5 Å². The number of likely N-dealkylation sites (N-methyl/N-ethyl adjacent to an activating group) is 1. The predicted molar refractivity (Wildman–Crippen MR) is 135 cm³/mol. The number of amides is 1. The molecule has 0 radical (unpaired) electrons. The van der Waals surface area contributed by atoms with Crippen molar-refractivity contribution in [2.45, 2.75) is 0 Å². The Hall–Kier alpha value is -3.68. The monoisotopic (exact) mass is 473 g/mol. The SMILES string of the molecule is CN1CCN(c2nc3ccccc3nc2C(=O)Nc2ccc(Oc3ccc(Cl)cc3)cc2)CC1. The standard InChI is InChI=1S/C26H24ClN5O2/c1-31-14-16-32(17-15-31)25-24(29-22-4-2-3-5-23(22)30-25)26(33)28-19-8-12-21(13-9-19)34-20-10-6-18(27)7-11-20/h2-13H,14-17H2,1H3,(H,28,33). The lowest BCUT2D eigenvalue weighted by molar-refractivity contribution is 0.102. The van der Waals surface area contributed by atoms with E-state index in [4.69, 9.17) is 21.3 Å². The number of hydrogen-bond donors (Lipinski definition) is 1. The van der Waals surface area contributed by atoms with Crippen molar-refractivity contribution in [1.82, 2.24) is 14.9 Å². The molecular weight excluding hydrogens is 450 g/mol. The molecule has 7 nitrogen and oxygen atoms in total. The van der Waals surface area contributed by atoms with Gasteiger partial charge in [-0.1, -0.05) is 23.7 Å². The maximum Gasteiger partial charge on any atom is 0.278 e. The molecule has 1 amide bonds. The summed E-state index contributed by atoms with van der Waals surface area (Å²) < 4.78 is 5.83. The van der Waals surface area contributed by atoms with Gasteiger partial charge in [0.15, 0.2) is 11.5 Å². The Balaban J connectivity index is 1.37. The van der Waals surface area contributed by atoms with Crippen LogP contribution in [-0.2, 0) is 0 Å². The summed E-state index contributed by atoms with van der Waals surface area (Å²) in [6.45, 7) is 3.40. The summed E-state index contributed by atoms with van der Waals surface area (Å²) >= 11 is 5.92. The van der Waals surface area contributed by atoms with Gasteiger partial charge >= 0.3 is 0 Å². The molecule has 0 aliphatic carbocycles. The van der Waals surface area contributed by atoms with E-state index < -0.39 is 0 Å². The quantitative estimate of drug-likeness (QED) is 0.436. The first kappa shape index (κ1) is 22.1. The van der Waals surface area contributed by atoms with Gasteiger partial charge in [0.25, 0.3) is 5.91 Å². The third kappa shape index (κ3) is 4.95. The van der Waals surface area contributed by atoms with Crippen molar-refractivity contribution in [2.24, 2.45) is 0 Å². The minimum absolute atomic E-state index is 0.293. The lowest BCUT2D eigenvalue weighted by Crippen LogP contribution is -2.45. The third-order valence-corrected chi connectivity index (χ3v) is 5.98. The highest BCUT2D eigenvalue weighted by atomic mass is 35.5. The number of halogens is 1. The second kappa shape index (κ2) is 9.67. The normalized spacial score (nSPS) is 14.2. The van der Waals surface area contributed by atoms with Crippen molar-refractivity contribution in [3.63, 3.8) is 0 Å². The maximum atomic E-state index is 13.3. The molecule has 1 aliphatic rings. The summed E-state index contributed by atoms with van der Waals surface area (Å²) in [5.74, 6) is 1.67. The molecular formula is C26H24ClN5O2. The van der Waals surface area contributed by atoms with Gasteiger partial charge in [0, 0.05) is 36.9 Å². The number of nitrogens with one attached hydrogen (secondary N) is 1. The summed E-state index contributed by atoms with van der Waals surface area (Å²) in [5, 5.41) is 3.61. The largest absolute Gasteiger partial charge is 0.457 e. The van der Waals surface area contributed by atoms with Crippen molar-refractivity contribution in [3.8, 4) is 11.5 Å². The molecule has 5 rings (SSSR count). The van der Waals surface area contributed by atoms with Gasteiger partial charge in [-0.15, -0.1) is 0 Å². The average molecular weight is 474 g/mol. The molecule has 4 aromatic rings. The van der Waals surface area contributed by atoms with Crippen LogP contribution in [0.25, 0.3) is 11.0 Å². The Bertz CT molecular complexity index is 1300. The van der Waals surface area contributed by atoms with Gasteiger partial charge in [-0.05, 0) is 67.7 Å². The van der Waals surface area contributed by atoms with E-state index >= 15 is 0 Å². The number of fused-ring (bicyclic) bond motifs is 1. The third-order valence-electron chi connectivity index (χ3n) is 5.73. The number of hydrogen-bond acceptors (Lipinski definition) is 6. The second-order valence-electron chi connectivity index (χ2n) is 8.21. The number of carbonyl (C=O) groups is 1. The molecule has 0 unspecified atom stereocenters. The highest BCUT2D eigenvalue weighted by Gasteiger charge is 2.24. The van der Waals surface area contributed by atoms with Crippen molar-refractivity contribution >= 4 is 40.0 Å². The number of nitrogens with zero attached hydrogens (tertiary/aromatic N) is 4. The molecule has 0 spiro atoms. The summed E-state index contributed by atoms with van der Waals surface area (Å²) in [4.78, 5) is 27.2. The molecule has 172 valence electrons. The topological polar surface area (TPSA) is 70.6 Å². The molecule has 1 fully saturated rings. The van der Waals surface area contributed by atoms with E-state index in [-0.39, 0.29) is 5.91 Å². The van der Waals surface area contributed by atoms with E-state index in [0.717, 1.165) is 31.7 Å². The first-order valence-electron chi connectivity index (χ1n) is 11.1. The van der Waals surface area contributed by atoms with E-state index in [1.165, 1.54) is 0 Å². The fourth-order valence-electron chi connectivity index (χ4n) is 3.82. The van der Waals surface area contributed by atoms with E-state index in [1.54, 1.807) is 48.5 Å². The predicted octanol–water partition coefficient (Wildman–Crippen LogP) is 5.08. The first-order valence-corrected chi connectivity index (χ1v) is 11.5. The van der Waals surface area contributed by atoms with Crippen LogP contribution < -0.4 is 15.0 Å². The summed E-state index contributed by atoms with van der Waals surface area (Å²) in [5.41, 5.74) is 2.44. The van der Waals surface area contributed by atoms with Gasteiger partial charge in [0.2, 0.25) is 0 Å². The molecule has 0 atom stereocenters. The first-order chi connectivity index (χ1) is 16.5. The Labute approximate surface area is 202 Å². The average Bonchev–Trinajstić information content (AvgIpc) is 2.86. The Morgan fingerprint density at radius 1 is 0.853 bits per heavy atom. The summed E-state index contributed by atoms with van der Waals surface area (Å²) in [6.07, 6.45) is 0. The summed E-state index contributed by atoms with van der Waals surface area (Å²) in [6, 6.07) is 22.0. The van der Waals surface area contributed by atoms with Gasteiger partial charge in [-0.3, -0.25) is 4.79 Å². The molecule has 0 saturated carbocycles. The van der Waals surface area contributed by atoms with Gasteiger partial charge in [0.05, 0.1) is 11.0 Å². The lowest BCUT2D eigenvalue weighted by Gasteiger charge is -2.33. The van der Waals surface area contributed by atoms with Crippen LogP contribution in [0.2, 0.25) is 5.02 Å². The minimum atomic E-state index is -0.293. The molecule has 0 bridgehead atoms. The van der Waals surface area contributed by atoms with Gasteiger partial charge in [0.1, 0.15) is 11.5 Å². The number of aromatic nitrogens is 2. The lowest BCUT2D eigenvalue weighted by atomic mass is 10.2. The number of para-hydroxylation sites is 2. The van der Waals surface area contributed by atoms with Crippen LogP contribution in [0.5, 0.6) is 11.5 Å². The molecule has 1 aliphatic heterocycles. The van der Waals surface area contributed by atoms with E-state index in [9.17, 15) is 4.79 Å². The fraction of sp³-hybridized carbons (Fsp3) is 0.192. The number of rotatable bonds is 5. The number of benzene rings is 3. The van der Waals surface area contributed by atoms with Crippen molar-refractivity contribution < 1.29 is 9.53 Å². The Kier molecular flexibility index (Phi) is 6.29.